The van der Waals surface area contributed by atoms with Gasteiger partial charge in [-0.1, -0.05) is 0 Å². The van der Waals surface area contributed by atoms with Gasteiger partial charge in [-0.15, -0.1) is 0 Å². The van der Waals surface area contributed by atoms with Gasteiger partial charge in [0, 0.05) is 0 Å². The average Bonchev–Trinajstić information content (AvgIpc) is 2.63. The van der Waals surface area contributed by atoms with E-state index in [-0.39, 0.29) is 21.8 Å². The number of hydrogen-bond acceptors (Lipinski definition) is 4. The summed E-state index contributed by atoms with van der Waals surface area (Å²) in [5.41, 5.74) is 0.824. The van der Waals surface area contributed by atoms with Crippen LogP contribution in [0.2, 0.25) is 20.4 Å². The minimum atomic E-state index is -1.61. The van der Waals surface area contributed by atoms with E-state index in [1.807, 2.05) is 12.1 Å². The van der Waals surface area contributed by atoms with Crippen molar-refractivity contribution in [3.8, 4) is 11.5 Å². The Labute approximate surface area is 192 Å². The van der Waals surface area contributed by atoms with Crippen LogP contribution in [0.25, 0.3) is 21.8 Å². The predicted molar refractivity (Wildman–Crippen MR) is 112 cm³/mol. The van der Waals surface area contributed by atoms with Gasteiger partial charge in [-0.05, 0) is 0 Å². The van der Waals surface area contributed by atoms with Crippen molar-refractivity contribution >= 4 is 105 Å². The molecule has 0 spiro atoms. The quantitative estimate of drug-likeness (QED) is 0.338. The van der Waals surface area contributed by atoms with Crippen molar-refractivity contribution in [2.75, 3.05) is 0 Å². The molecular weight excluding hydrogens is 458 g/mol. The molecule has 0 aliphatic rings. The fourth-order valence-corrected chi connectivity index (χ4v) is 6.42. The van der Waals surface area contributed by atoms with E-state index < -0.39 is 33.8 Å². The van der Waals surface area contributed by atoms with Gasteiger partial charge in [-0.2, -0.15) is 0 Å². The van der Waals surface area contributed by atoms with Gasteiger partial charge in [0.15, 0.2) is 0 Å². The molecular formula is C18H8CaCl4N2O2. The molecule has 2 heterocycles. The molecule has 2 aromatic heterocycles. The molecule has 0 saturated heterocycles. The number of aromatic nitrogens is 2. The van der Waals surface area contributed by atoms with Gasteiger partial charge in [0.05, 0.1) is 0 Å². The summed E-state index contributed by atoms with van der Waals surface area (Å²) >= 11 is 22.7. The maximum absolute atomic E-state index is 10.1. The van der Waals surface area contributed by atoms with Crippen molar-refractivity contribution in [3.05, 3.63) is 56.7 Å². The first-order valence-corrected chi connectivity index (χ1v) is 11.5. The van der Waals surface area contributed by atoms with E-state index >= 15 is 0 Å². The Kier molecular flexibility index (Phi) is 5.51. The maximum atomic E-state index is 10.1. The van der Waals surface area contributed by atoms with Crippen molar-refractivity contribution in [3.63, 3.8) is 0 Å². The normalized spacial score (nSPS) is 11.1. The van der Waals surface area contributed by atoms with E-state index in [2.05, 4.69) is 9.97 Å². The van der Waals surface area contributed by atoms with Crippen LogP contribution >= 0.6 is 46.4 Å². The Balaban J connectivity index is 1.93. The zero-order valence-corrected chi connectivity index (χ0v) is 18.7. The van der Waals surface area contributed by atoms with Crippen LogP contribution in [0.3, 0.4) is 0 Å². The monoisotopic (exact) mass is 464 g/mol. The van der Waals surface area contributed by atoms with Crippen LogP contribution in [0.5, 0.6) is 11.5 Å². The van der Waals surface area contributed by atoms with Gasteiger partial charge < -0.3 is 0 Å². The second-order valence-electron chi connectivity index (χ2n) is 5.98. The molecule has 0 amide bonds. The third-order valence-corrected chi connectivity index (χ3v) is 8.77. The summed E-state index contributed by atoms with van der Waals surface area (Å²) in [5.74, 6) is 0.0866. The van der Waals surface area contributed by atoms with E-state index in [1.165, 1.54) is 0 Å². The van der Waals surface area contributed by atoms with Gasteiger partial charge in [0.1, 0.15) is 0 Å². The minimum absolute atomic E-state index is 0.0433. The summed E-state index contributed by atoms with van der Waals surface area (Å²) in [5, 5.41) is 22.7. The summed E-state index contributed by atoms with van der Waals surface area (Å²) in [7, 11) is 0. The first-order chi connectivity index (χ1) is 12.8. The number of benzene rings is 2. The molecule has 4 nitrogen and oxygen atoms in total. The number of phenolic OH excluding ortho intramolecular Hbond substituents is 2. The molecule has 132 valence electrons. The molecule has 0 aliphatic carbocycles. The van der Waals surface area contributed by atoms with Crippen LogP contribution in [0.1, 0.15) is 0 Å². The molecule has 9 heteroatoms. The SMILES string of the molecule is Oc1cc[c]([Ca][c]2ccc(O)c3nc(Cl)c(Cl)cc23)c2cc(Cl)c(Cl)nc12. The molecule has 2 N–H and O–H groups in total. The second kappa shape index (κ2) is 7.60. The standard InChI is InChI=1S/2C9H4Cl2NO.Ca/c2*10-6-4-5-2-1-3-7(13)8(5)12-9(6)11;/h2*1,3-4,13H;. The van der Waals surface area contributed by atoms with Gasteiger partial charge in [-0.25, -0.2) is 0 Å². The molecule has 0 atom stereocenters. The summed E-state index contributed by atoms with van der Waals surface area (Å²) in [6.07, 6.45) is 0. The van der Waals surface area contributed by atoms with Gasteiger partial charge in [0.25, 0.3) is 0 Å². The van der Waals surface area contributed by atoms with Crippen molar-refractivity contribution in [1.82, 2.24) is 9.97 Å². The molecule has 27 heavy (non-hydrogen) atoms. The second-order valence-corrected chi connectivity index (χ2v) is 10.4. The van der Waals surface area contributed by atoms with Crippen molar-refractivity contribution in [2.45, 2.75) is 0 Å². The number of aromatic hydroxyl groups is 2. The molecule has 4 rings (SSSR count). The van der Waals surface area contributed by atoms with Crippen LogP contribution in [0.4, 0.5) is 0 Å². The Hall–Kier alpha value is -0.720. The Bertz CT molecular complexity index is 1140. The number of phenols is 2. The van der Waals surface area contributed by atoms with E-state index in [1.54, 1.807) is 24.3 Å². The number of pyridine rings is 2. The number of hydrogen-bond donors (Lipinski definition) is 2. The zero-order chi connectivity index (χ0) is 19.3. The summed E-state index contributed by atoms with van der Waals surface area (Å²) in [6, 6.07) is 10.4. The third kappa shape index (κ3) is 3.65. The van der Waals surface area contributed by atoms with E-state index in [0.29, 0.717) is 21.1 Å². The Morgan fingerprint density at radius 2 is 1.07 bits per heavy atom. The molecule has 0 radical (unpaired) electrons. The Morgan fingerprint density at radius 3 is 1.48 bits per heavy atom. The van der Waals surface area contributed by atoms with Crippen molar-refractivity contribution in [2.24, 2.45) is 0 Å². The number of fused-ring (bicyclic) bond motifs is 2. The van der Waals surface area contributed by atoms with Crippen LogP contribution in [0, 0.1) is 0 Å². The Morgan fingerprint density at radius 1 is 0.667 bits per heavy atom. The van der Waals surface area contributed by atoms with Gasteiger partial charge in [-0.3, -0.25) is 0 Å². The van der Waals surface area contributed by atoms with E-state index in [0.717, 1.165) is 14.1 Å². The zero-order valence-electron chi connectivity index (χ0n) is 13.5. The molecule has 0 aliphatic heterocycles. The average molecular weight is 466 g/mol. The molecule has 0 bridgehead atoms. The molecule has 2 aromatic carbocycles. The first-order valence-electron chi connectivity index (χ1n) is 7.78. The fourth-order valence-electron chi connectivity index (χ4n) is 3.02. The molecule has 0 saturated carbocycles. The molecule has 4 aromatic rings. The number of halogens is 4. The van der Waals surface area contributed by atoms with Crippen molar-refractivity contribution in [1.29, 1.82) is 0 Å². The number of nitrogens with zero attached hydrogens (tertiary/aromatic N) is 2. The van der Waals surface area contributed by atoms with Crippen LogP contribution in [-0.2, 0) is 0 Å². The summed E-state index contributed by atoms with van der Waals surface area (Å²) in [4.78, 5) is 8.40. The van der Waals surface area contributed by atoms with Gasteiger partial charge in [0.2, 0.25) is 0 Å². The summed E-state index contributed by atoms with van der Waals surface area (Å²) in [6.45, 7) is 0. The van der Waals surface area contributed by atoms with Crippen LogP contribution < -0.4 is 3.32 Å². The first kappa shape index (κ1) is 19.6. The van der Waals surface area contributed by atoms with E-state index in [4.69, 9.17) is 46.4 Å². The molecule has 0 fully saturated rings. The van der Waals surface area contributed by atoms with Crippen LogP contribution in [-0.4, -0.2) is 54.0 Å². The fraction of sp³-hybridized carbons (Fsp3) is 0. The predicted octanol–water partition coefficient (Wildman–Crippen LogP) is 4.46. The summed E-state index contributed by atoms with van der Waals surface area (Å²) < 4.78 is 2.11. The third-order valence-electron chi connectivity index (χ3n) is 4.31. The van der Waals surface area contributed by atoms with E-state index in [9.17, 15) is 10.2 Å². The van der Waals surface area contributed by atoms with Gasteiger partial charge >= 0.3 is 194 Å². The number of rotatable bonds is 2. The van der Waals surface area contributed by atoms with Crippen molar-refractivity contribution < 1.29 is 10.2 Å². The molecule has 0 unspecified atom stereocenters. The topological polar surface area (TPSA) is 66.2 Å². The van der Waals surface area contributed by atoms with Crippen LogP contribution in [0.15, 0.2) is 36.4 Å².